The van der Waals surface area contributed by atoms with Crippen molar-refractivity contribution in [2.24, 2.45) is 0 Å². The summed E-state index contributed by atoms with van der Waals surface area (Å²) in [7, 11) is 1.65. The summed E-state index contributed by atoms with van der Waals surface area (Å²) >= 11 is 0. The Labute approximate surface area is 145 Å². The molecule has 1 amide bonds. The van der Waals surface area contributed by atoms with Gasteiger partial charge in [-0.1, -0.05) is 12.1 Å². The van der Waals surface area contributed by atoms with Gasteiger partial charge in [0.05, 0.1) is 6.54 Å². The van der Waals surface area contributed by atoms with Gasteiger partial charge in [-0.05, 0) is 32.4 Å². The number of hydrogen-bond acceptors (Lipinski definition) is 4. The second kappa shape index (κ2) is 8.41. The molecule has 0 saturated carbocycles. The Balaban J connectivity index is 1.83. The molecule has 0 aliphatic carbocycles. The van der Waals surface area contributed by atoms with E-state index in [9.17, 15) is 14.0 Å². The number of halogens is 1. The van der Waals surface area contributed by atoms with E-state index in [0.29, 0.717) is 30.0 Å². The zero-order valence-corrected chi connectivity index (χ0v) is 14.6. The zero-order chi connectivity index (χ0) is 18.4. The van der Waals surface area contributed by atoms with Crippen molar-refractivity contribution >= 4 is 5.91 Å². The van der Waals surface area contributed by atoms with Crippen LogP contribution in [0, 0.1) is 19.7 Å². The van der Waals surface area contributed by atoms with Crippen LogP contribution in [0.5, 0.6) is 5.75 Å². The molecule has 1 N–H and O–H groups in total. The third-order valence-corrected chi connectivity index (χ3v) is 3.88. The van der Waals surface area contributed by atoms with Gasteiger partial charge in [-0.2, -0.15) is 0 Å². The Morgan fingerprint density at radius 3 is 2.72 bits per heavy atom. The van der Waals surface area contributed by atoms with E-state index in [1.807, 2.05) is 0 Å². The summed E-state index contributed by atoms with van der Waals surface area (Å²) in [5.41, 5.74) is 0.956. The molecule has 0 saturated heterocycles. The van der Waals surface area contributed by atoms with E-state index in [4.69, 9.17) is 4.74 Å². The predicted molar refractivity (Wildman–Crippen MR) is 92.2 cm³/mol. The van der Waals surface area contributed by atoms with E-state index in [2.05, 4.69) is 9.97 Å². The average molecular weight is 347 g/mol. The van der Waals surface area contributed by atoms with Gasteiger partial charge in [-0.3, -0.25) is 9.59 Å². The number of aromatic amines is 1. The Morgan fingerprint density at radius 2 is 2.04 bits per heavy atom. The maximum atomic E-state index is 13.4. The molecular weight excluding hydrogens is 325 g/mol. The van der Waals surface area contributed by atoms with Gasteiger partial charge in [0.25, 0.3) is 5.56 Å². The Hall–Kier alpha value is -2.70. The molecule has 134 valence electrons. The lowest BCUT2D eigenvalue weighted by atomic mass is 10.1. The topological polar surface area (TPSA) is 75.3 Å². The third-order valence-electron chi connectivity index (χ3n) is 3.88. The van der Waals surface area contributed by atoms with Crippen molar-refractivity contribution in [1.29, 1.82) is 0 Å². The van der Waals surface area contributed by atoms with E-state index in [-0.39, 0.29) is 30.2 Å². The molecule has 0 aliphatic heterocycles. The van der Waals surface area contributed by atoms with Gasteiger partial charge >= 0.3 is 0 Å². The lowest BCUT2D eigenvalue weighted by molar-refractivity contribution is -0.130. The fourth-order valence-electron chi connectivity index (χ4n) is 2.45. The molecule has 0 fully saturated rings. The number of carbonyl (C=O) groups is 1. The fourth-order valence-corrected chi connectivity index (χ4v) is 2.45. The summed E-state index contributed by atoms with van der Waals surface area (Å²) in [4.78, 5) is 32.5. The number of hydrogen-bond donors (Lipinski definition) is 1. The molecule has 1 aromatic carbocycles. The molecule has 0 unspecified atom stereocenters. The summed E-state index contributed by atoms with van der Waals surface area (Å²) in [5, 5.41) is 0. The summed E-state index contributed by atoms with van der Waals surface area (Å²) in [6.45, 7) is 3.99. The van der Waals surface area contributed by atoms with Gasteiger partial charge < -0.3 is 14.6 Å². The number of ether oxygens (including phenoxy) is 1. The molecule has 7 heteroatoms. The van der Waals surface area contributed by atoms with E-state index in [0.717, 1.165) is 0 Å². The van der Waals surface area contributed by atoms with Gasteiger partial charge in [0.2, 0.25) is 5.91 Å². The number of rotatable bonds is 7. The van der Waals surface area contributed by atoms with Crippen LogP contribution in [0.3, 0.4) is 0 Å². The highest BCUT2D eigenvalue weighted by molar-refractivity contribution is 5.76. The van der Waals surface area contributed by atoms with Crippen LogP contribution in [0.25, 0.3) is 0 Å². The summed E-state index contributed by atoms with van der Waals surface area (Å²) in [5.74, 6) is 0.172. The number of carbonyl (C=O) groups excluding carboxylic acids is 1. The van der Waals surface area contributed by atoms with E-state index < -0.39 is 5.82 Å². The molecule has 0 aliphatic rings. The number of aryl methyl sites for hydroxylation is 2. The zero-order valence-electron chi connectivity index (χ0n) is 14.6. The third kappa shape index (κ3) is 5.14. The molecule has 6 nitrogen and oxygen atoms in total. The lowest BCUT2D eigenvalue weighted by Gasteiger charge is -2.17. The molecule has 0 atom stereocenters. The predicted octanol–water partition coefficient (Wildman–Crippen LogP) is 2.00. The first kappa shape index (κ1) is 18.6. The molecule has 2 aromatic rings. The van der Waals surface area contributed by atoms with E-state index in [1.165, 1.54) is 17.0 Å². The summed E-state index contributed by atoms with van der Waals surface area (Å²) in [6, 6.07) is 6.13. The lowest BCUT2D eigenvalue weighted by Crippen LogP contribution is -2.31. The first-order chi connectivity index (χ1) is 11.9. The number of likely N-dealkylation sites (N-methyl/N-ethyl adjacent to an activating group) is 1. The summed E-state index contributed by atoms with van der Waals surface area (Å²) < 4.78 is 18.8. The number of nitrogens with one attached hydrogen (secondary N) is 1. The van der Waals surface area contributed by atoms with Crippen LogP contribution >= 0.6 is 0 Å². The molecule has 0 spiro atoms. The van der Waals surface area contributed by atoms with Crippen molar-refractivity contribution in [3.8, 4) is 5.75 Å². The maximum Gasteiger partial charge on any atom is 0.254 e. The minimum absolute atomic E-state index is 0.114. The van der Waals surface area contributed by atoms with Crippen molar-refractivity contribution in [3.63, 3.8) is 0 Å². The smallest absolute Gasteiger partial charge is 0.254 e. The van der Waals surface area contributed by atoms with Crippen LogP contribution in [0.15, 0.2) is 29.1 Å². The average Bonchev–Trinajstić information content (AvgIpc) is 2.55. The van der Waals surface area contributed by atoms with Crippen LogP contribution in [0.2, 0.25) is 0 Å². The summed E-state index contributed by atoms with van der Waals surface area (Å²) in [6.07, 6.45) is 0.524. The van der Waals surface area contributed by atoms with Gasteiger partial charge in [0.15, 0.2) is 11.6 Å². The highest BCUT2D eigenvalue weighted by Crippen LogP contribution is 2.15. The number of benzene rings is 1. The van der Waals surface area contributed by atoms with Crippen molar-refractivity contribution in [2.45, 2.75) is 26.7 Å². The second-order valence-electron chi connectivity index (χ2n) is 5.81. The van der Waals surface area contributed by atoms with E-state index >= 15 is 0 Å². The van der Waals surface area contributed by atoms with Crippen molar-refractivity contribution in [1.82, 2.24) is 14.9 Å². The van der Waals surface area contributed by atoms with Crippen molar-refractivity contribution in [3.05, 3.63) is 57.5 Å². The minimum atomic E-state index is -0.432. The first-order valence-corrected chi connectivity index (χ1v) is 8.06. The molecular formula is C18H22FN3O3. The monoisotopic (exact) mass is 347 g/mol. The number of aromatic nitrogens is 2. The highest BCUT2D eigenvalue weighted by Gasteiger charge is 2.13. The highest BCUT2D eigenvalue weighted by atomic mass is 19.1. The van der Waals surface area contributed by atoms with Crippen molar-refractivity contribution in [2.75, 3.05) is 20.2 Å². The Kier molecular flexibility index (Phi) is 6.27. The van der Waals surface area contributed by atoms with Crippen LogP contribution in [-0.4, -0.2) is 41.0 Å². The van der Waals surface area contributed by atoms with Crippen molar-refractivity contribution < 1.29 is 13.9 Å². The van der Waals surface area contributed by atoms with Gasteiger partial charge in [0.1, 0.15) is 12.4 Å². The molecule has 0 radical (unpaired) electrons. The number of H-pyrrole nitrogens is 1. The Morgan fingerprint density at radius 1 is 1.32 bits per heavy atom. The van der Waals surface area contributed by atoms with E-state index in [1.54, 1.807) is 33.0 Å². The Bertz CT molecular complexity index is 804. The van der Waals surface area contributed by atoms with Gasteiger partial charge in [-0.25, -0.2) is 9.37 Å². The van der Waals surface area contributed by atoms with Gasteiger partial charge in [-0.15, -0.1) is 0 Å². The van der Waals surface area contributed by atoms with Crippen LogP contribution in [0.1, 0.15) is 23.5 Å². The van der Waals surface area contributed by atoms with Crippen LogP contribution in [-0.2, 0) is 11.2 Å². The molecule has 2 rings (SSSR count). The quantitative estimate of drug-likeness (QED) is 0.831. The SMILES string of the molecule is Cc1nc(C)c(CCC(=O)N(C)CCOc2ccccc2F)c(=O)[nH]1. The fraction of sp³-hybridized carbons (Fsp3) is 0.389. The standard InChI is InChI=1S/C18H22FN3O3/c1-12-14(18(24)21-13(2)20-12)8-9-17(23)22(3)10-11-25-16-7-5-4-6-15(16)19/h4-7H,8-11H2,1-3H3,(H,20,21,24). The second-order valence-corrected chi connectivity index (χ2v) is 5.81. The number of amides is 1. The minimum Gasteiger partial charge on any atom is -0.489 e. The normalized spacial score (nSPS) is 10.6. The number of nitrogens with zero attached hydrogens (tertiary/aromatic N) is 2. The van der Waals surface area contributed by atoms with Crippen LogP contribution < -0.4 is 10.3 Å². The number of para-hydroxylation sites is 1. The van der Waals surface area contributed by atoms with Crippen LogP contribution in [0.4, 0.5) is 4.39 Å². The molecule has 1 heterocycles. The molecule has 0 bridgehead atoms. The van der Waals surface area contributed by atoms with Gasteiger partial charge in [0, 0.05) is 24.7 Å². The maximum absolute atomic E-state index is 13.4. The largest absolute Gasteiger partial charge is 0.489 e. The molecule has 25 heavy (non-hydrogen) atoms. The first-order valence-electron chi connectivity index (χ1n) is 8.06. The molecule has 1 aromatic heterocycles.